The highest BCUT2D eigenvalue weighted by Gasteiger charge is 2.32. The average Bonchev–Trinajstić information content (AvgIpc) is 3.56. The third kappa shape index (κ3) is 4.27. The van der Waals surface area contributed by atoms with Gasteiger partial charge in [0.1, 0.15) is 11.8 Å². The maximum absolute atomic E-state index is 11.4. The third-order valence-corrected chi connectivity index (χ3v) is 7.03. The number of methoxy groups -OCH3 is 1. The summed E-state index contributed by atoms with van der Waals surface area (Å²) in [6.45, 7) is 3.59. The molecule has 5 rings (SSSR count). The summed E-state index contributed by atoms with van der Waals surface area (Å²) in [5.74, 6) is -0.0721. The van der Waals surface area contributed by atoms with Gasteiger partial charge in [0, 0.05) is 48.0 Å². The zero-order valence-electron chi connectivity index (χ0n) is 19.7. The molecule has 8 nitrogen and oxygen atoms in total. The Kier molecular flexibility index (Phi) is 6.01. The number of carbonyl (C=O) groups is 1. The Morgan fingerprint density at radius 1 is 1.31 bits per heavy atom. The molecule has 1 fully saturated rings. The van der Waals surface area contributed by atoms with E-state index in [0.717, 1.165) is 52.7 Å². The number of H-pyrrole nitrogens is 1. The number of fused-ring (bicyclic) bond motifs is 1. The Bertz CT molecular complexity index is 1410. The quantitative estimate of drug-likeness (QED) is 0.419. The molecule has 0 unspecified atom stereocenters. The lowest BCUT2D eigenvalue weighted by molar-refractivity contribution is 0.0696. The van der Waals surface area contributed by atoms with Gasteiger partial charge in [-0.2, -0.15) is 10.4 Å². The Labute approximate surface area is 203 Å². The molecule has 1 aliphatic heterocycles. The van der Waals surface area contributed by atoms with Crippen molar-refractivity contribution < 1.29 is 14.6 Å². The second-order valence-corrected chi connectivity index (χ2v) is 9.05. The number of nitrogens with zero attached hydrogens (tertiary/aromatic N) is 4. The van der Waals surface area contributed by atoms with Crippen molar-refractivity contribution in [2.75, 3.05) is 13.7 Å². The van der Waals surface area contributed by atoms with Gasteiger partial charge in [0.05, 0.1) is 30.5 Å². The molecule has 2 N–H and O–H groups in total. The van der Waals surface area contributed by atoms with E-state index in [1.54, 1.807) is 31.6 Å². The summed E-state index contributed by atoms with van der Waals surface area (Å²) in [7, 11) is 1.70. The molecule has 0 spiro atoms. The van der Waals surface area contributed by atoms with E-state index in [0.29, 0.717) is 12.1 Å². The number of aryl methyl sites for hydroxylation is 1. The first-order chi connectivity index (χ1) is 17.0. The molecule has 0 amide bonds. The minimum Gasteiger partial charge on any atom is -0.496 e. The van der Waals surface area contributed by atoms with Crippen LogP contribution in [0.2, 0.25) is 0 Å². The molecule has 3 heterocycles. The lowest BCUT2D eigenvalue weighted by Gasteiger charge is -2.40. The third-order valence-electron chi connectivity index (χ3n) is 7.03. The van der Waals surface area contributed by atoms with Gasteiger partial charge in [0.15, 0.2) is 0 Å². The van der Waals surface area contributed by atoms with Gasteiger partial charge >= 0.3 is 5.97 Å². The monoisotopic (exact) mass is 469 g/mol. The number of nitrogens with one attached hydrogen (secondary N) is 1. The molecule has 35 heavy (non-hydrogen) atoms. The van der Waals surface area contributed by atoms with Crippen LogP contribution in [0.3, 0.4) is 0 Å². The first-order valence-corrected chi connectivity index (χ1v) is 11.6. The summed E-state index contributed by atoms with van der Waals surface area (Å²) in [6.07, 6.45) is 7.05. The minimum atomic E-state index is -0.935. The number of piperidine rings is 1. The Hall–Kier alpha value is -4.09. The highest BCUT2D eigenvalue weighted by Crippen LogP contribution is 2.40. The number of carboxylic acids is 1. The van der Waals surface area contributed by atoms with Crippen molar-refractivity contribution in [3.05, 3.63) is 82.8 Å². The molecule has 1 saturated heterocycles. The molecule has 0 saturated carbocycles. The van der Waals surface area contributed by atoms with E-state index in [-0.39, 0.29) is 17.6 Å². The maximum atomic E-state index is 11.4. The second kappa shape index (κ2) is 9.28. The predicted octanol–water partition coefficient (Wildman–Crippen LogP) is 4.83. The highest BCUT2D eigenvalue weighted by molar-refractivity contribution is 5.88. The highest BCUT2D eigenvalue weighted by atomic mass is 16.5. The zero-order chi connectivity index (χ0) is 24.5. The fraction of sp³-hybridized carbons (Fsp3) is 0.296. The average molecular weight is 470 g/mol. The van der Waals surface area contributed by atoms with Crippen LogP contribution in [0.5, 0.6) is 5.75 Å². The van der Waals surface area contributed by atoms with Gasteiger partial charge in [-0.15, -0.1) is 0 Å². The number of aromatic nitrogens is 3. The van der Waals surface area contributed by atoms with Crippen molar-refractivity contribution in [1.82, 2.24) is 19.7 Å². The van der Waals surface area contributed by atoms with Crippen LogP contribution < -0.4 is 4.74 Å². The van der Waals surface area contributed by atoms with Crippen molar-refractivity contribution in [3.63, 3.8) is 0 Å². The number of hydrogen-bond acceptors (Lipinski definition) is 5. The summed E-state index contributed by atoms with van der Waals surface area (Å²) in [6, 6.07) is 13.7. The number of carboxylic acid groups (broad SMARTS) is 1. The SMILES string of the molecule is COc1cc(C)c2[nH]ccc2c1CN1CC[C@@H](n2cc(C#N)cn2)C[C@H]1c1ccc(C(=O)O)cc1. The first kappa shape index (κ1) is 22.7. The minimum absolute atomic E-state index is 0.0475. The van der Waals surface area contributed by atoms with Crippen LogP contribution >= 0.6 is 0 Å². The Balaban J connectivity index is 1.51. The molecule has 8 heteroatoms. The van der Waals surface area contributed by atoms with Crippen molar-refractivity contribution in [2.45, 2.75) is 38.4 Å². The molecule has 2 aromatic heterocycles. The first-order valence-electron chi connectivity index (χ1n) is 11.6. The van der Waals surface area contributed by atoms with Crippen LogP contribution in [0.1, 0.15) is 57.5 Å². The molecular formula is C27H27N5O3. The number of benzene rings is 2. The van der Waals surface area contributed by atoms with Gasteiger partial charge in [-0.3, -0.25) is 9.58 Å². The number of aromatic amines is 1. The number of hydrogen-bond donors (Lipinski definition) is 2. The van der Waals surface area contributed by atoms with Crippen LogP contribution in [0, 0.1) is 18.3 Å². The van der Waals surface area contributed by atoms with Crippen molar-refractivity contribution in [1.29, 1.82) is 5.26 Å². The summed E-state index contributed by atoms with van der Waals surface area (Å²) in [4.78, 5) is 17.2. The van der Waals surface area contributed by atoms with Crippen molar-refractivity contribution >= 4 is 16.9 Å². The summed E-state index contributed by atoms with van der Waals surface area (Å²) < 4.78 is 7.68. The number of ether oxygens (including phenoxy) is 1. The molecule has 0 bridgehead atoms. The van der Waals surface area contributed by atoms with E-state index in [2.05, 4.69) is 40.1 Å². The summed E-state index contributed by atoms with van der Waals surface area (Å²) in [5.41, 5.74) is 5.26. The van der Waals surface area contributed by atoms with Crippen molar-refractivity contribution in [2.24, 2.45) is 0 Å². The molecule has 2 atom stereocenters. The fourth-order valence-corrected chi connectivity index (χ4v) is 5.20. The Morgan fingerprint density at radius 3 is 2.80 bits per heavy atom. The molecule has 0 radical (unpaired) electrons. The maximum Gasteiger partial charge on any atom is 0.335 e. The summed E-state index contributed by atoms with van der Waals surface area (Å²) >= 11 is 0. The van der Waals surface area contributed by atoms with E-state index in [9.17, 15) is 15.2 Å². The Morgan fingerprint density at radius 2 is 2.11 bits per heavy atom. The molecule has 1 aliphatic rings. The largest absolute Gasteiger partial charge is 0.496 e. The van der Waals surface area contributed by atoms with E-state index >= 15 is 0 Å². The van der Waals surface area contributed by atoms with Crippen LogP contribution in [0.4, 0.5) is 0 Å². The lowest BCUT2D eigenvalue weighted by Crippen LogP contribution is -2.37. The molecule has 0 aliphatic carbocycles. The lowest BCUT2D eigenvalue weighted by atomic mass is 9.90. The van der Waals surface area contributed by atoms with E-state index in [1.807, 2.05) is 23.0 Å². The van der Waals surface area contributed by atoms with Gasteiger partial charge in [-0.05, 0) is 55.2 Å². The number of rotatable bonds is 6. The molecule has 178 valence electrons. The summed E-state index contributed by atoms with van der Waals surface area (Å²) in [5, 5.41) is 24.1. The van der Waals surface area contributed by atoms with Crippen LogP contribution in [-0.2, 0) is 6.54 Å². The molecule has 4 aromatic rings. The van der Waals surface area contributed by atoms with Crippen LogP contribution in [-0.4, -0.2) is 44.4 Å². The van der Waals surface area contributed by atoms with Crippen LogP contribution in [0.25, 0.3) is 10.9 Å². The van der Waals surface area contributed by atoms with Gasteiger partial charge < -0.3 is 14.8 Å². The normalized spacial score (nSPS) is 18.4. The second-order valence-electron chi connectivity index (χ2n) is 9.05. The van der Waals surface area contributed by atoms with E-state index < -0.39 is 5.97 Å². The molecule has 2 aromatic carbocycles. The smallest absolute Gasteiger partial charge is 0.335 e. The zero-order valence-corrected chi connectivity index (χ0v) is 19.7. The van der Waals surface area contributed by atoms with Gasteiger partial charge in [-0.25, -0.2) is 4.79 Å². The number of aromatic carboxylic acids is 1. The van der Waals surface area contributed by atoms with E-state index in [1.165, 1.54) is 0 Å². The van der Waals surface area contributed by atoms with E-state index in [4.69, 9.17) is 4.74 Å². The number of likely N-dealkylation sites (tertiary alicyclic amines) is 1. The molecular weight excluding hydrogens is 442 g/mol. The standard InChI is InChI=1S/C27H27N5O3/c1-17-11-25(35-2)23(22-7-9-29-26(17)22)16-31-10-8-21(32-15-18(13-28)14-30-32)12-24(31)19-3-5-20(6-4-19)27(33)34/h3-7,9,11,14-15,21,24,29H,8,10,12,16H2,1-2H3,(H,33,34)/t21-,24+/m1/s1. The predicted molar refractivity (Wildman–Crippen MR) is 131 cm³/mol. The van der Waals surface area contributed by atoms with Crippen molar-refractivity contribution in [3.8, 4) is 11.8 Å². The van der Waals surface area contributed by atoms with Crippen LogP contribution in [0.15, 0.2) is 55.0 Å². The fourth-order valence-electron chi connectivity index (χ4n) is 5.20. The van der Waals surface area contributed by atoms with Gasteiger partial charge in [-0.1, -0.05) is 12.1 Å². The van der Waals surface area contributed by atoms with Gasteiger partial charge in [0.2, 0.25) is 0 Å². The number of nitriles is 1. The van der Waals surface area contributed by atoms with Gasteiger partial charge in [0.25, 0.3) is 0 Å². The topological polar surface area (TPSA) is 107 Å².